The molecule has 0 bridgehead atoms. The van der Waals surface area contributed by atoms with Crippen LogP contribution in [0.4, 0.5) is 16.2 Å². The summed E-state index contributed by atoms with van der Waals surface area (Å²) in [5.41, 5.74) is 12.4. The average molecular weight is 453 g/mol. The molecule has 0 aliphatic heterocycles. The van der Waals surface area contributed by atoms with Crippen LogP contribution in [0.15, 0.2) is 77.7 Å². The molecule has 8 heteroatoms. The first kappa shape index (κ1) is 23.3. The summed E-state index contributed by atoms with van der Waals surface area (Å²) in [7, 11) is -3.35. The number of carbonyl (C=O) groups excluding carboxylic acids is 1. The number of nitrogens with two attached hydrogens (primary N) is 1. The Kier molecular flexibility index (Phi) is 7.50. The number of amides is 2. The third kappa shape index (κ3) is 5.87. The molecule has 168 valence electrons. The second kappa shape index (κ2) is 10.3. The number of anilines is 2. The lowest BCUT2D eigenvalue weighted by atomic mass is 10.1. The molecule has 0 saturated carbocycles. The van der Waals surface area contributed by atoms with Gasteiger partial charge >= 0.3 is 6.03 Å². The smallest absolute Gasteiger partial charge is 0.326 e. The summed E-state index contributed by atoms with van der Waals surface area (Å²) in [5.74, 6) is 0. The van der Waals surface area contributed by atoms with Crippen LogP contribution in [-0.2, 0) is 16.4 Å². The lowest BCUT2D eigenvalue weighted by Crippen LogP contribution is -2.45. The van der Waals surface area contributed by atoms with Crippen LogP contribution in [0.5, 0.6) is 0 Å². The van der Waals surface area contributed by atoms with Crippen LogP contribution in [-0.4, -0.2) is 27.2 Å². The number of hydrazine groups is 1. The van der Waals surface area contributed by atoms with Crippen LogP contribution in [0.2, 0.25) is 0 Å². The maximum absolute atomic E-state index is 12.6. The summed E-state index contributed by atoms with van der Waals surface area (Å²) in [6, 6.07) is 21.3. The number of carbonyl (C=O) groups is 1. The number of hydrogen-bond acceptors (Lipinski definition) is 5. The van der Waals surface area contributed by atoms with E-state index in [1.807, 2.05) is 31.2 Å². The largest absolute Gasteiger partial charge is 0.338 e. The lowest BCUT2D eigenvalue weighted by molar-refractivity contribution is 0.251. The van der Waals surface area contributed by atoms with Gasteiger partial charge in [-0.05, 0) is 47.9 Å². The minimum absolute atomic E-state index is 0.272. The SMILES string of the molecule is CCCN(NC(=O)Nc1ccc(-c2ccccc2S(C)(=O)=O)cc1)c1cccc(CN)c1. The fourth-order valence-electron chi connectivity index (χ4n) is 3.37. The Morgan fingerprint density at radius 1 is 1.00 bits per heavy atom. The van der Waals surface area contributed by atoms with Gasteiger partial charge in [-0.15, -0.1) is 0 Å². The molecule has 32 heavy (non-hydrogen) atoms. The van der Waals surface area contributed by atoms with Crippen molar-refractivity contribution in [2.24, 2.45) is 5.73 Å². The minimum Gasteiger partial charge on any atom is -0.326 e. The predicted octanol–water partition coefficient (Wildman–Crippen LogP) is 4.17. The van der Waals surface area contributed by atoms with E-state index in [-0.39, 0.29) is 10.9 Å². The molecule has 0 atom stereocenters. The maximum Gasteiger partial charge on any atom is 0.338 e. The van der Waals surface area contributed by atoms with Gasteiger partial charge in [-0.3, -0.25) is 5.01 Å². The van der Waals surface area contributed by atoms with Crippen molar-refractivity contribution in [2.75, 3.05) is 23.1 Å². The molecule has 0 aliphatic carbocycles. The van der Waals surface area contributed by atoms with Gasteiger partial charge in [0.15, 0.2) is 9.84 Å². The average Bonchev–Trinajstić information content (AvgIpc) is 2.79. The lowest BCUT2D eigenvalue weighted by Gasteiger charge is -2.25. The molecule has 2 amide bonds. The number of nitrogens with one attached hydrogen (secondary N) is 2. The molecule has 0 fully saturated rings. The Morgan fingerprint density at radius 2 is 1.72 bits per heavy atom. The molecule has 3 aromatic carbocycles. The summed E-state index contributed by atoms with van der Waals surface area (Å²) in [5, 5.41) is 4.60. The zero-order valence-electron chi connectivity index (χ0n) is 18.2. The van der Waals surface area contributed by atoms with Gasteiger partial charge in [0.1, 0.15) is 0 Å². The molecule has 0 aliphatic rings. The summed E-state index contributed by atoms with van der Waals surface area (Å²) in [6.07, 6.45) is 2.04. The van der Waals surface area contributed by atoms with Crippen molar-refractivity contribution in [3.8, 4) is 11.1 Å². The Hall–Kier alpha value is -3.36. The summed E-state index contributed by atoms with van der Waals surface area (Å²) >= 11 is 0. The van der Waals surface area contributed by atoms with Crippen LogP contribution in [0.1, 0.15) is 18.9 Å². The van der Waals surface area contributed by atoms with E-state index in [4.69, 9.17) is 5.73 Å². The second-order valence-corrected chi connectivity index (χ2v) is 9.42. The van der Waals surface area contributed by atoms with Crippen LogP contribution < -0.4 is 21.5 Å². The predicted molar refractivity (Wildman–Crippen MR) is 129 cm³/mol. The van der Waals surface area contributed by atoms with Crippen molar-refractivity contribution in [3.63, 3.8) is 0 Å². The molecule has 7 nitrogen and oxygen atoms in total. The zero-order valence-corrected chi connectivity index (χ0v) is 19.0. The van der Waals surface area contributed by atoms with Crippen molar-refractivity contribution in [1.29, 1.82) is 0 Å². The summed E-state index contributed by atoms with van der Waals surface area (Å²) in [4.78, 5) is 12.9. The molecule has 0 spiro atoms. The van der Waals surface area contributed by atoms with E-state index >= 15 is 0 Å². The quantitative estimate of drug-likeness (QED) is 0.445. The van der Waals surface area contributed by atoms with Crippen LogP contribution >= 0.6 is 0 Å². The third-order valence-electron chi connectivity index (χ3n) is 4.88. The van der Waals surface area contributed by atoms with Gasteiger partial charge in [-0.2, -0.15) is 0 Å². The number of sulfone groups is 1. The highest BCUT2D eigenvalue weighted by Gasteiger charge is 2.14. The number of nitrogens with zero attached hydrogens (tertiary/aromatic N) is 1. The number of rotatable bonds is 8. The molecule has 4 N–H and O–H groups in total. The van der Waals surface area contributed by atoms with Crippen molar-refractivity contribution < 1.29 is 13.2 Å². The molecular weight excluding hydrogens is 424 g/mol. The van der Waals surface area contributed by atoms with E-state index in [9.17, 15) is 13.2 Å². The Balaban J connectivity index is 1.73. The number of urea groups is 1. The van der Waals surface area contributed by atoms with Crippen molar-refractivity contribution >= 4 is 27.2 Å². The second-order valence-electron chi connectivity index (χ2n) is 7.44. The molecule has 0 aromatic heterocycles. The highest BCUT2D eigenvalue weighted by Crippen LogP contribution is 2.28. The minimum atomic E-state index is -3.35. The Labute approximate surface area is 189 Å². The van der Waals surface area contributed by atoms with Gasteiger partial charge < -0.3 is 11.1 Å². The third-order valence-corrected chi connectivity index (χ3v) is 6.04. The van der Waals surface area contributed by atoms with Gasteiger partial charge in [0, 0.05) is 30.6 Å². The molecular formula is C24H28N4O3S. The van der Waals surface area contributed by atoms with Gasteiger partial charge in [0.2, 0.25) is 0 Å². The topological polar surface area (TPSA) is 105 Å². The first-order chi connectivity index (χ1) is 15.3. The van der Waals surface area contributed by atoms with E-state index < -0.39 is 9.84 Å². The Bertz CT molecular complexity index is 1180. The molecule has 0 heterocycles. The van der Waals surface area contributed by atoms with Crippen LogP contribution in [0, 0.1) is 0 Å². The van der Waals surface area contributed by atoms with E-state index in [1.165, 1.54) is 6.26 Å². The summed E-state index contributed by atoms with van der Waals surface area (Å²) in [6.45, 7) is 3.10. The molecule has 0 saturated heterocycles. The van der Waals surface area contributed by atoms with Gasteiger partial charge in [-0.25, -0.2) is 18.6 Å². The molecule has 3 aromatic rings. The Morgan fingerprint density at radius 3 is 2.38 bits per heavy atom. The molecule has 0 unspecified atom stereocenters. The highest BCUT2D eigenvalue weighted by atomic mass is 32.2. The van der Waals surface area contributed by atoms with E-state index in [1.54, 1.807) is 53.5 Å². The van der Waals surface area contributed by atoms with Gasteiger partial charge in [0.05, 0.1) is 10.6 Å². The summed E-state index contributed by atoms with van der Waals surface area (Å²) < 4.78 is 24.2. The molecule has 0 radical (unpaired) electrons. The number of benzene rings is 3. The highest BCUT2D eigenvalue weighted by molar-refractivity contribution is 7.90. The monoisotopic (exact) mass is 452 g/mol. The fourth-order valence-corrected chi connectivity index (χ4v) is 4.28. The van der Waals surface area contributed by atoms with Gasteiger partial charge in [0.25, 0.3) is 0 Å². The van der Waals surface area contributed by atoms with E-state index in [0.29, 0.717) is 24.3 Å². The standard InChI is InChI=1S/C24H28N4O3S/c1-3-15-28(21-8-6-7-18(16-21)17-25)27-24(29)26-20-13-11-19(12-14-20)22-9-4-5-10-23(22)32(2,30)31/h4-14,16H,3,15,17,25H2,1-2H3,(H2,26,27,29). The normalized spacial score (nSPS) is 11.1. The van der Waals surface area contributed by atoms with Gasteiger partial charge in [-0.1, -0.05) is 49.4 Å². The molecule has 3 rings (SSSR count). The van der Waals surface area contributed by atoms with Crippen molar-refractivity contribution in [1.82, 2.24) is 5.43 Å². The fraction of sp³-hybridized carbons (Fsp3) is 0.208. The number of hydrogen-bond donors (Lipinski definition) is 3. The van der Waals surface area contributed by atoms with E-state index in [2.05, 4.69) is 10.7 Å². The van der Waals surface area contributed by atoms with Crippen molar-refractivity contribution in [2.45, 2.75) is 24.8 Å². The van der Waals surface area contributed by atoms with Crippen LogP contribution in [0.25, 0.3) is 11.1 Å². The van der Waals surface area contributed by atoms with Crippen LogP contribution in [0.3, 0.4) is 0 Å². The maximum atomic E-state index is 12.6. The first-order valence-corrected chi connectivity index (χ1v) is 12.2. The first-order valence-electron chi connectivity index (χ1n) is 10.4. The zero-order chi connectivity index (χ0) is 23.1. The van der Waals surface area contributed by atoms with Crippen molar-refractivity contribution in [3.05, 3.63) is 78.4 Å². The van der Waals surface area contributed by atoms with E-state index in [0.717, 1.165) is 23.2 Å².